The van der Waals surface area contributed by atoms with Gasteiger partial charge < -0.3 is 15.4 Å². The molecule has 2 atom stereocenters. The van der Waals surface area contributed by atoms with E-state index in [-0.39, 0.29) is 18.0 Å². The normalized spacial score (nSPS) is 13.2. The lowest BCUT2D eigenvalue weighted by molar-refractivity contribution is -0.710. The number of carbonyl (C=O) groups is 1. The molecule has 0 fully saturated rings. The van der Waals surface area contributed by atoms with Gasteiger partial charge in [0.1, 0.15) is 11.8 Å². The second-order valence-corrected chi connectivity index (χ2v) is 6.33. The quantitative estimate of drug-likeness (QED) is 0.809. The molecular weight excluding hydrogens is 324 g/mol. The maximum Gasteiger partial charge on any atom is 0.278 e. The second kappa shape index (κ2) is 8.71. The minimum absolute atomic E-state index is 0.0136. The molecule has 0 radical (unpaired) electrons. The van der Waals surface area contributed by atoms with Crippen LogP contribution < -0.4 is 15.4 Å². The Bertz CT molecular complexity index is 673. The van der Waals surface area contributed by atoms with E-state index in [9.17, 15) is 4.79 Å². The van der Waals surface area contributed by atoms with Crippen LogP contribution in [0.15, 0.2) is 48.5 Å². The summed E-state index contributed by atoms with van der Waals surface area (Å²) in [5.41, 5.74) is 2.15. The number of rotatable bonds is 7. The van der Waals surface area contributed by atoms with Crippen molar-refractivity contribution in [3.05, 3.63) is 64.7 Å². The fraction of sp³-hybridized carbons (Fsp3) is 0.316. The highest BCUT2D eigenvalue weighted by atomic mass is 35.5. The van der Waals surface area contributed by atoms with Crippen LogP contribution in [-0.4, -0.2) is 19.1 Å². The fourth-order valence-electron chi connectivity index (χ4n) is 2.51. The van der Waals surface area contributed by atoms with Gasteiger partial charge >= 0.3 is 0 Å². The molecule has 0 heterocycles. The summed E-state index contributed by atoms with van der Waals surface area (Å²) in [4.78, 5) is 12.3. The summed E-state index contributed by atoms with van der Waals surface area (Å²) < 4.78 is 5.13. The van der Waals surface area contributed by atoms with Crippen molar-refractivity contribution in [2.75, 3.05) is 7.11 Å². The second-order valence-electron chi connectivity index (χ2n) is 5.89. The van der Waals surface area contributed by atoms with Gasteiger partial charge in [0.2, 0.25) is 0 Å². The Morgan fingerprint density at radius 2 is 1.92 bits per heavy atom. The van der Waals surface area contributed by atoms with Crippen LogP contribution in [0.25, 0.3) is 0 Å². The smallest absolute Gasteiger partial charge is 0.278 e. The maximum absolute atomic E-state index is 12.3. The molecule has 0 spiro atoms. The minimum Gasteiger partial charge on any atom is -0.497 e. The third-order valence-electron chi connectivity index (χ3n) is 3.99. The monoisotopic (exact) mass is 347 g/mol. The molecule has 0 aromatic heterocycles. The molecule has 0 aliphatic carbocycles. The van der Waals surface area contributed by atoms with E-state index in [4.69, 9.17) is 16.3 Å². The van der Waals surface area contributed by atoms with E-state index < -0.39 is 0 Å². The van der Waals surface area contributed by atoms with E-state index in [2.05, 4.69) is 12.2 Å². The summed E-state index contributed by atoms with van der Waals surface area (Å²) in [6.07, 6.45) is 0. The van der Waals surface area contributed by atoms with Crippen molar-refractivity contribution in [3.63, 3.8) is 0 Å². The highest BCUT2D eigenvalue weighted by molar-refractivity contribution is 6.30. The number of hydrogen-bond acceptors (Lipinski definition) is 2. The van der Waals surface area contributed by atoms with E-state index in [0.717, 1.165) is 16.9 Å². The van der Waals surface area contributed by atoms with Gasteiger partial charge in [0.25, 0.3) is 5.91 Å². The SMILES string of the molecule is COc1ccc(CNC(=O)[C@@H](C)[NH2+][C@H](C)c2cccc(Cl)c2)cc1. The van der Waals surface area contributed by atoms with E-state index in [1.54, 1.807) is 7.11 Å². The zero-order valence-corrected chi connectivity index (χ0v) is 15.0. The Hall–Kier alpha value is -2.04. The molecule has 0 saturated carbocycles. The van der Waals surface area contributed by atoms with Crippen molar-refractivity contribution in [2.24, 2.45) is 0 Å². The molecule has 0 aliphatic rings. The first-order valence-electron chi connectivity index (χ1n) is 8.00. The van der Waals surface area contributed by atoms with Gasteiger partial charge in [0.15, 0.2) is 6.04 Å². The first kappa shape index (κ1) is 18.3. The molecule has 0 unspecified atom stereocenters. The number of halogens is 1. The number of ether oxygens (including phenoxy) is 1. The van der Waals surface area contributed by atoms with Gasteiger partial charge in [0.05, 0.1) is 7.11 Å². The highest BCUT2D eigenvalue weighted by Crippen LogP contribution is 2.15. The summed E-state index contributed by atoms with van der Waals surface area (Å²) in [7, 11) is 1.63. The van der Waals surface area contributed by atoms with Gasteiger partial charge in [0, 0.05) is 17.1 Å². The van der Waals surface area contributed by atoms with Crippen molar-refractivity contribution in [3.8, 4) is 5.75 Å². The molecule has 1 amide bonds. The summed E-state index contributed by atoms with van der Waals surface area (Å²) in [6, 6.07) is 15.4. The summed E-state index contributed by atoms with van der Waals surface area (Å²) >= 11 is 6.03. The predicted molar refractivity (Wildman–Crippen MR) is 96.1 cm³/mol. The summed E-state index contributed by atoms with van der Waals surface area (Å²) in [6.45, 7) is 4.48. The number of quaternary nitrogens is 1. The van der Waals surface area contributed by atoms with Crippen molar-refractivity contribution < 1.29 is 14.8 Å². The number of amides is 1. The number of nitrogens with two attached hydrogens (primary N) is 1. The molecule has 2 rings (SSSR count). The lowest BCUT2D eigenvalue weighted by Gasteiger charge is -2.17. The number of nitrogens with one attached hydrogen (secondary N) is 1. The Kier molecular flexibility index (Phi) is 6.64. The van der Waals surface area contributed by atoms with Gasteiger partial charge in [-0.1, -0.05) is 35.9 Å². The summed E-state index contributed by atoms with van der Waals surface area (Å²) in [5, 5.41) is 5.72. The number of carbonyl (C=O) groups excluding carboxylic acids is 1. The molecule has 24 heavy (non-hydrogen) atoms. The highest BCUT2D eigenvalue weighted by Gasteiger charge is 2.20. The Morgan fingerprint density at radius 1 is 1.21 bits per heavy atom. The lowest BCUT2D eigenvalue weighted by atomic mass is 10.1. The van der Waals surface area contributed by atoms with Gasteiger partial charge in [-0.3, -0.25) is 4.79 Å². The molecule has 0 saturated heterocycles. The molecule has 0 aliphatic heterocycles. The zero-order chi connectivity index (χ0) is 17.5. The van der Waals surface area contributed by atoms with Crippen LogP contribution in [0.5, 0.6) is 5.75 Å². The molecular formula is C19H24ClN2O2+. The number of benzene rings is 2. The van der Waals surface area contributed by atoms with E-state index in [0.29, 0.717) is 11.6 Å². The first-order chi connectivity index (χ1) is 11.5. The van der Waals surface area contributed by atoms with Gasteiger partial charge in [-0.05, 0) is 43.7 Å². The van der Waals surface area contributed by atoms with E-state index >= 15 is 0 Å². The van der Waals surface area contributed by atoms with Crippen LogP contribution in [0.2, 0.25) is 5.02 Å². The van der Waals surface area contributed by atoms with Crippen LogP contribution in [0.1, 0.15) is 31.0 Å². The van der Waals surface area contributed by atoms with Gasteiger partial charge in [-0.25, -0.2) is 0 Å². The van der Waals surface area contributed by atoms with Crippen LogP contribution in [0.4, 0.5) is 0 Å². The third kappa shape index (κ3) is 5.25. The Morgan fingerprint density at radius 3 is 2.54 bits per heavy atom. The maximum atomic E-state index is 12.3. The predicted octanol–water partition coefficient (Wildman–Crippen LogP) is 2.68. The van der Waals surface area contributed by atoms with Crippen molar-refractivity contribution in [1.29, 1.82) is 0 Å². The lowest BCUT2D eigenvalue weighted by Crippen LogP contribution is -2.92. The Balaban J connectivity index is 1.85. The minimum atomic E-state index is -0.183. The summed E-state index contributed by atoms with van der Waals surface area (Å²) in [5.74, 6) is 0.821. The number of methoxy groups -OCH3 is 1. The molecule has 2 aromatic carbocycles. The van der Waals surface area contributed by atoms with Crippen molar-refractivity contribution in [2.45, 2.75) is 32.5 Å². The molecule has 3 N–H and O–H groups in total. The molecule has 2 aromatic rings. The van der Waals surface area contributed by atoms with Crippen LogP contribution in [0.3, 0.4) is 0 Å². The van der Waals surface area contributed by atoms with E-state index in [1.165, 1.54) is 0 Å². The Labute approximate surface area is 148 Å². The molecule has 128 valence electrons. The molecule has 4 nitrogen and oxygen atoms in total. The first-order valence-corrected chi connectivity index (χ1v) is 8.38. The van der Waals surface area contributed by atoms with Gasteiger partial charge in [-0.15, -0.1) is 0 Å². The molecule has 5 heteroatoms. The average Bonchev–Trinajstić information content (AvgIpc) is 2.60. The van der Waals surface area contributed by atoms with Crippen molar-refractivity contribution >= 4 is 17.5 Å². The van der Waals surface area contributed by atoms with Gasteiger partial charge in [-0.2, -0.15) is 0 Å². The van der Waals surface area contributed by atoms with Crippen molar-refractivity contribution in [1.82, 2.24) is 5.32 Å². The van der Waals surface area contributed by atoms with Crippen LogP contribution in [0, 0.1) is 0 Å². The van der Waals surface area contributed by atoms with Crippen LogP contribution >= 0.6 is 11.6 Å². The average molecular weight is 348 g/mol. The zero-order valence-electron chi connectivity index (χ0n) is 14.3. The molecule has 0 bridgehead atoms. The largest absolute Gasteiger partial charge is 0.497 e. The standard InChI is InChI=1S/C19H23ClN2O2/c1-13(16-5-4-6-17(20)11-16)22-14(2)19(23)21-12-15-7-9-18(24-3)10-8-15/h4-11,13-14,22H,12H2,1-3H3,(H,21,23)/p+1/t13-,14-/m1/s1. The third-order valence-corrected chi connectivity index (χ3v) is 4.23. The fourth-order valence-corrected chi connectivity index (χ4v) is 2.71. The van der Waals surface area contributed by atoms with E-state index in [1.807, 2.05) is 60.8 Å². The topological polar surface area (TPSA) is 54.9 Å². The van der Waals surface area contributed by atoms with Crippen LogP contribution in [-0.2, 0) is 11.3 Å². The number of hydrogen-bond donors (Lipinski definition) is 2.